The van der Waals surface area contributed by atoms with E-state index in [0.29, 0.717) is 6.42 Å². The zero-order valence-electron chi connectivity index (χ0n) is 14.5. The lowest BCUT2D eigenvalue weighted by Gasteiger charge is -2.39. The van der Waals surface area contributed by atoms with Crippen molar-refractivity contribution in [1.29, 1.82) is 0 Å². The zero-order chi connectivity index (χ0) is 16.7. The first-order chi connectivity index (χ1) is 11.1. The van der Waals surface area contributed by atoms with Crippen LogP contribution in [0.3, 0.4) is 0 Å². The van der Waals surface area contributed by atoms with E-state index in [1.165, 1.54) is 0 Å². The van der Waals surface area contributed by atoms with Crippen LogP contribution in [0.4, 0.5) is 0 Å². The smallest absolute Gasteiger partial charge is 0.162 e. The standard InChI is InChI=1S/C21H27NO/c1-4-5-8-17-20(23)21(22(2)3,18-13-9-6-10-14-18)19-15-11-7-12-16-19/h6-7,9-16H,4-5,8,17H2,1-3H3. The van der Waals surface area contributed by atoms with Gasteiger partial charge in [-0.2, -0.15) is 0 Å². The molecule has 2 aromatic carbocycles. The molecule has 0 saturated carbocycles. The van der Waals surface area contributed by atoms with Gasteiger partial charge in [0, 0.05) is 6.42 Å². The average Bonchev–Trinajstić information content (AvgIpc) is 2.57. The Hall–Kier alpha value is -1.93. The van der Waals surface area contributed by atoms with E-state index in [1.54, 1.807) is 0 Å². The Morgan fingerprint density at radius 3 is 1.74 bits per heavy atom. The molecule has 122 valence electrons. The number of carbonyl (C=O) groups is 1. The van der Waals surface area contributed by atoms with Gasteiger partial charge in [0.2, 0.25) is 0 Å². The van der Waals surface area contributed by atoms with Crippen molar-refractivity contribution in [2.45, 2.75) is 38.1 Å². The molecule has 0 amide bonds. The summed E-state index contributed by atoms with van der Waals surface area (Å²) in [6.07, 6.45) is 3.78. The van der Waals surface area contributed by atoms with E-state index in [2.05, 4.69) is 36.1 Å². The Morgan fingerprint density at radius 2 is 1.35 bits per heavy atom. The van der Waals surface area contributed by atoms with Crippen LogP contribution in [0.2, 0.25) is 0 Å². The second kappa shape index (κ2) is 8.07. The van der Waals surface area contributed by atoms with Crippen LogP contribution in [0.1, 0.15) is 43.7 Å². The van der Waals surface area contributed by atoms with Crippen LogP contribution < -0.4 is 0 Å². The number of unbranched alkanes of at least 4 members (excludes halogenated alkanes) is 2. The number of rotatable bonds is 8. The third-order valence-electron chi connectivity index (χ3n) is 4.46. The lowest BCUT2D eigenvalue weighted by molar-refractivity contribution is -0.128. The summed E-state index contributed by atoms with van der Waals surface area (Å²) in [7, 11) is 4.00. The van der Waals surface area contributed by atoms with Crippen molar-refractivity contribution < 1.29 is 4.79 Å². The van der Waals surface area contributed by atoms with Crippen LogP contribution >= 0.6 is 0 Å². The normalized spacial score (nSPS) is 11.7. The van der Waals surface area contributed by atoms with Gasteiger partial charge in [0.1, 0.15) is 5.54 Å². The van der Waals surface area contributed by atoms with Crippen molar-refractivity contribution in [2.24, 2.45) is 0 Å². The highest BCUT2D eigenvalue weighted by molar-refractivity contribution is 5.93. The molecule has 0 aliphatic carbocycles. The van der Waals surface area contributed by atoms with Crippen molar-refractivity contribution in [3.63, 3.8) is 0 Å². The summed E-state index contributed by atoms with van der Waals surface area (Å²) in [5.41, 5.74) is 1.37. The molecule has 0 aliphatic rings. The predicted octanol–water partition coefficient (Wildman–Crippen LogP) is 4.64. The van der Waals surface area contributed by atoms with Crippen LogP contribution in [0.25, 0.3) is 0 Å². The maximum atomic E-state index is 13.3. The van der Waals surface area contributed by atoms with Gasteiger partial charge in [-0.3, -0.25) is 9.69 Å². The van der Waals surface area contributed by atoms with Crippen molar-refractivity contribution in [1.82, 2.24) is 4.90 Å². The van der Waals surface area contributed by atoms with Gasteiger partial charge < -0.3 is 0 Å². The van der Waals surface area contributed by atoms with Crippen LogP contribution in [0.5, 0.6) is 0 Å². The zero-order valence-corrected chi connectivity index (χ0v) is 14.5. The van der Waals surface area contributed by atoms with Crippen LogP contribution in [-0.2, 0) is 10.3 Å². The van der Waals surface area contributed by atoms with Gasteiger partial charge in [-0.1, -0.05) is 80.4 Å². The number of benzene rings is 2. The number of Topliss-reactive ketones (excluding diaryl/α,β-unsaturated/α-hetero) is 1. The summed E-state index contributed by atoms with van der Waals surface area (Å²) in [6, 6.07) is 20.3. The van der Waals surface area contributed by atoms with Crippen molar-refractivity contribution in [2.75, 3.05) is 14.1 Å². The third kappa shape index (κ3) is 3.53. The predicted molar refractivity (Wildman–Crippen MR) is 96.5 cm³/mol. The van der Waals surface area contributed by atoms with E-state index in [-0.39, 0.29) is 5.78 Å². The van der Waals surface area contributed by atoms with Crippen molar-refractivity contribution in [3.8, 4) is 0 Å². The molecule has 0 radical (unpaired) electrons. The molecule has 2 nitrogen and oxygen atoms in total. The summed E-state index contributed by atoms with van der Waals surface area (Å²) >= 11 is 0. The third-order valence-corrected chi connectivity index (χ3v) is 4.46. The monoisotopic (exact) mass is 309 g/mol. The van der Waals surface area contributed by atoms with E-state index in [0.717, 1.165) is 30.4 Å². The summed E-state index contributed by atoms with van der Waals surface area (Å²) in [6.45, 7) is 2.16. The second-order valence-electron chi connectivity index (χ2n) is 6.22. The first kappa shape index (κ1) is 17.4. The van der Waals surface area contributed by atoms with Gasteiger partial charge in [-0.05, 0) is 31.6 Å². The fourth-order valence-corrected chi connectivity index (χ4v) is 3.33. The van der Waals surface area contributed by atoms with Gasteiger partial charge in [0.25, 0.3) is 0 Å². The maximum absolute atomic E-state index is 13.3. The Bertz CT molecular complexity index is 565. The number of carbonyl (C=O) groups excluding carboxylic acids is 1. The number of likely N-dealkylation sites (N-methyl/N-ethyl adjacent to an activating group) is 1. The first-order valence-electron chi connectivity index (χ1n) is 8.45. The minimum atomic E-state index is -0.712. The topological polar surface area (TPSA) is 20.3 Å². The highest BCUT2D eigenvalue weighted by atomic mass is 16.1. The molecule has 0 spiro atoms. The second-order valence-corrected chi connectivity index (χ2v) is 6.22. The number of nitrogens with zero attached hydrogens (tertiary/aromatic N) is 1. The first-order valence-corrected chi connectivity index (χ1v) is 8.45. The van der Waals surface area contributed by atoms with E-state index >= 15 is 0 Å². The molecule has 0 saturated heterocycles. The van der Waals surface area contributed by atoms with Gasteiger partial charge in [0.15, 0.2) is 5.78 Å². The molecule has 0 unspecified atom stereocenters. The van der Waals surface area contributed by atoms with E-state index < -0.39 is 5.54 Å². The molecule has 2 aromatic rings. The highest BCUT2D eigenvalue weighted by Gasteiger charge is 2.43. The molecule has 0 aliphatic heterocycles. The Balaban J connectivity index is 2.55. The molecule has 2 heteroatoms. The van der Waals surface area contributed by atoms with Gasteiger partial charge >= 0.3 is 0 Å². The Labute approximate surface area is 140 Å². The van der Waals surface area contributed by atoms with Crippen molar-refractivity contribution >= 4 is 5.78 Å². The molecule has 0 heterocycles. The lowest BCUT2D eigenvalue weighted by atomic mass is 9.76. The molecule has 0 N–H and O–H groups in total. The van der Waals surface area contributed by atoms with E-state index in [4.69, 9.17) is 0 Å². The molecular formula is C21H27NO. The number of ketones is 1. The van der Waals surface area contributed by atoms with Gasteiger partial charge in [-0.15, -0.1) is 0 Å². The quantitative estimate of drug-likeness (QED) is 0.662. The fraction of sp³-hybridized carbons (Fsp3) is 0.381. The summed E-state index contributed by atoms with van der Waals surface area (Å²) in [5, 5.41) is 0. The Morgan fingerprint density at radius 1 is 0.870 bits per heavy atom. The molecule has 2 rings (SSSR count). The van der Waals surface area contributed by atoms with E-state index in [1.807, 2.05) is 50.5 Å². The summed E-state index contributed by atoms with van der Waals surface area (Å²) < 4.78 is 0. The Kier molecular flexibility index (Phi) is 6.12. The number of hydrogen-bond donors (Lipinski definition) is 0. The lowest BCUT2D eigenvalue weighted by Crippen LogP contribution is -2.49. The SMILES string of the molecule is CCCCCC(=O)C(c1ccccc1)(c1ccccc1)N(C)C. The minimum absolute atomic E-state index is 0.272. The highest BCUT2D eigenvalue weighted by Crippen LogP contribution is 2.36. The summed E-state index contributed by atoms with van der Waals surface area (Å²) in [5.74, 6) is 0.272. The minimum Gasteiger partial charge on any atom is -0.297 e. The average molecular weight is 309 g/mol. The molecule has 0 aromatic heterocycles. The number of hydrogen-bond acceptors (Lipinski definition) is 2. The van der Waals surface area contributed by atoms with Crippen LogP contribution in [-0.4, -0.2) is 24.8 Å². The molecule has 0 fully saturated rings. The van der Waals surface area contributed by atoms with Crippen LogP contribution in [0, 0.1) is 0 Å². The largest absolute Gasteiger partial charge is 0.297 e. The van der Waals surface area contributed by atoms with Crippen molar-refractivity contribution in [3.05, 3.63) is 71.8 Å². The molecule has 0 atom stereocenters. The van der Waals surface area contributed by atoms with Gasteiger partial charge in [0.05, 0.1) is 0 Å². The summed E-state index contributed by atoms with van der Waals surface area (Å²) in [4.78, 5) is 15.4. The molecule has 23 heavy (non-hydrogen) atoms. The molecule has 0 bridgehead atoms. The van der Waals surface area contributed by atoms with E-state index in [9.17, 15) is 4.79 Å². The fourth-order valence-electron chi connectivity index (χ4n) is 3.33. The van der Waals surface area contributed by atoms with Gasteiger partial charge in [-0.25, -0.2) is 0 Å². The van der Waals surface area contributed by atoms with Crippen LogP contribution in [0.15, 0.2) is 60.7 Å². The maximum Gasteiger partial charge on any atom is 0.162 e. The molecular weight excluding hydrogens is 282 g/mol.